The molecule has 1 unspecified atom stereocenters. The van der Waals surface area contributed by atoms with Gasteiger partial charge in [-0.1, -0.05) is 0 Å². The van der Waals surface area contributed by atoms with Crippen LogP contribution in [0.3, 0.4) is 0 Å². The van der Waals surface area contributed by atoms with Crippen molar-refractivity contribution >= 4 is 18.2 Å². The summed E-state index contributed by atoms with van der Waals surface area (Å²) < 4.78 is 0. The predicted molar refractivity (Wildman–Crippen MR) is 49.9 cm³/mol. The summed E-state index contributed by atoms with van der Waals surface area (Å²) in [7, 11) is 0. The van der Waals surface area contributed by atoms with Crippen molar-refractivity contribution in [3.8, 4) is 0 Å². The Morgan fingerprint density at radius 2 is 1.69 bits per heavy atom. The summed E-state index contributed by atoms with van der Waals surface area (Å²) in [6, 6.07) is 0. The monoisotopic (exact) mass is 232 g/mol. The number of amides is 2. The number of hydrogen-bond donors (Lipinski definition) is 3. The Balaban J connectivity index is 3.14. The fourth-order valence-corrected chi connectivity index (χ4v) is 1.74. The Bertz CT molecular complexity index is 343. The van der Waals surface area contributed by atoms with Crippen LogP contribution in [0.15, 0.2) is 0 Å². The molecule has 0 saturated carbocycles. The molecule has 0 radical (unpaired) electrons. The van der Waals surface area contributed by atoms with E-state index >= 15 is 0 Å². The average molecular weight is 232 g/mol. The quantitative estimate of drug-likeness (QED) is 0.605. The molecule has 1 rings (SSSR count). The molecule has 90 valence electrons. The third-order valence-corrected chi connectivity index (χ3v) is 2.61. The van der Waals surface area contributed by atoms with Gasteiger partial charge in [0.25, 0.3) is 0 Å². The molecule has 2 amide bonds. The second-order valence-electron chi connectivity index (χ2n) is 3.68. The Morgan fingerprint density at radius 1 is 1.12 bits per heavy atom. The highest BCUT2D eigenvalue weighted by molar-refractivity contribution is 5.85. The molecule has 8 nitrogen and oxygen atoms in total. The molecular formula is C8H12N2O6. The largest absolute Gasteiger partial charge is 0.479 e. The fourth-order valence-electron chi connectivity index (χ4n) is 1.74. The summed E-state index contributed by atoms with van der Waals surface area (Å²) in [6.07, 6.45) is -2.68. The molecule has 0 spiro atoms. The molecule has 1 fully saturated rings. The van der Waals surface area contributed by atoms with Gasteiger partial charge in [0.1, 0.15) is 0 Å². The van der Waals surface area contributed by atoms with Crippen molar-refractivity contribution in [2.45, 2.75) is 25.3 Å². The summed E-state index contributed by atoms with van der Waals surface area (Å²) in [6.45, 7) is 1.17. The molecule has 8 heteroatoms. The van der Waals surface area contributed by atoms with Crippen LogP contribution in [0.2, 0.25) is 0 Å². The first kappa shape index (κ1) is 12.1. The Hall–Kier alpha value is -1.99. The predicted octanol–water partition coefficient (Wildman–Crippen LogP) is 0.499. The minimum Gasteiger partial charge on any atom is -0.479 e. The number of carbonyl (C=O) groups is 3. The Kier molecular flexibility index (Phi) is 2.92. The van der Waals surface area contributed by atoms with Crippen molar-refractivity contribution in [1.82, 2.24) is 10.0 Å². The summed E-state index contributed by atoms with van der Waals surface area (Å²) in [5, 5.41) is 27.6. The highest BCUT2D eigenvalue weighted by Gasteiger charge is 2.49. The summed E-state index contributed by atoms with van der Waals surface area (Å²) in [5.41, 5.74) is -1.73. The lowest BCUT2D eigenvalue weighted by molar-refractivity contribution is -0.165. The normalized spacial score (nSPS) is 25.3. The second kappa shape index (κ2) is 3.87. The lowest BCUT2D eigenvalue weighted by Crippen LogP contribution is -2.66. The maximum atomic E-state index is 11.0. The summed E-state index contributed by atoms with van der Waals surface area (Å²) in [5.74, 6) is -1.36. The van der Waals surface area contributed by atoms with Gasteiger partial charge in [-0.05, 0) is 19.8 Å². The summed E-state index contributed by atoms with van der Waals surface area (Å²) >= 11 is 0. The van der Waals surface area contributed by atoms with Crippen LogP contribution < -0.4 is 0 Å². The highest BCUT2D eigenvalue weighted by atomic mass is 16.4. The number of nitrogens with zero attached hydrogens (tertiary/aromatic N) is 2. The standard InChI is InChI=1S/C8H12N2O6/c1-8(5(11)12)3-2-4-9(6(13)14)10(8)7(15)16/h2-4H2,1H3,(H,11,12)(H,13,14)(H,15,16). The number of carboxylic acids is 1. The van der Waals surface area contributed by atoms with E-state index in [1.54, 1.807) is 0 Å². The number of hydrazine groups is 1. The van der Waals surface area contributed by atoms with Gasteiger partial charge in [-0.15, -0.1) is 0 Å². The topological polar surface area (TPSA) is 118 Å². The van der Waals surface area contributed by atoms with Crippen molar-refractivity contribution in [3.63, 3.8) is 0 Å². The molecule has 0 aliphatic carbocycles. The van der Waals surface area contributed by atoms with Gasteiger partial charge < -0.3 is 15.3 Å². The van der Waals surface area contributed by atoms with Crippen LogP contribution in [0, 0.1) is 0 Å². The van der Waals surface area contributed by atoms with Crippen LogP contribution in [0.1, 0.15) is 19.8 Å². The first-order chi connectivity index (χ1) is 7.30. The first-order valence-electron chi connectivity index (χ1n) is 4.57. The number of carboxylic acid groups (broad SMARTS) is 3. The minimum atomic E-state index is -1.73. The number of rotatable bonds is 1. The van der Waals surface area contributed by atoms with Crippen LogP contribution in [-0.4, -0.2) is 55.6 Å². The Morgan fingerprint density at radius 3 is 2.06 bits per heavy atom. The van der Waals surface area contributed by atoms with Crippen molar-refractivity contribution < 1.29 is 29.7 Å². The smallest absolute Gasteiger partial charge is 0.427 e. The van der Waals surface area contributed by atoms with E-state index in [-0.39, 0.29) is 13.0 Å². The SMILES string of the molecule is CC1(C(=O)O)CCCN(C(=O)O)N1C(=O)O. The third kappa shape index (κ3) is 1.73. The maximum Gasteiger partial charge on any atom is 0.427 e. The third-order valence-electron chi connectivity index (χ3n) is 2.61. The van der Waals surface area contributed by atoms with E-state index in [1.165, 1.54) is 6.92 Å². The van der Waals surface area contributed by atoms with E-state index in [1.807, 2.05) is 0 Å². The van der Waals surface area contributed by atoms with Crippen molar-refractivity contribution in [1.29, 1.82) is 0 Å². The lowest BCUT2D eigenvalue weighted by atomic mass is 9.93. The minimum absolute atomic E-state index is 0.0233. The van der Waals surface area contributed by atoms with Gasteiger partial charge in [0, 0.05) is 6.54 Å². The van der Waals surface area contributed by atoms with Gasteiger partial charge in [-0.25, -0.2) is 19.4 Å². The lowest BCUT2D eigenvalue weighted by Gasteiger charge is -2.44. The molecule has 1 aliphatic heterocycles. The zero-order chi connectivity index (χ0) is 12.5. The van der Waals surface area contributed by atoms with E-state index in [4.69, 9.17) is 15.3 Å². The zero-order valence-electron chi connectivity index (χ0n) is 8.58. The van der Waals surface area contributed by atoms with Crippen molar-refractivity contribution in [3.05, 3.63) is 0 Å². The fraction of sp³-hybridized carbons (Fsp3) is 0.625. The van der Waals surface area contributed by atoms with Gasteiger partial charge >= 0.3 is 18.2 Å². The molecule has 0 aromatic heterocycles. The van der Waals surface area contributed by atoms with Gasteiger partial charge in [0.2, 0.25) is 0 Å². The van der Waals surface area contributed by atoms with E-state index in [9.17, 15) is 14.4 Å². The van der Waals surface area contributed by atoms with E-state index < -0.39 is 23.7 Å². The van der Waals surface area contributed by atoms with Crippen LogP contribution in [0.5, 0.6) is 0 Å². The van der Waals surface area contributed by atoms with E-state index in [2.05, 4.69) is 0 Å². The van der Waals surface area contributed by atoms with Crippen LogP contribution in [0.25, 0.3) is 0 Å². The first-order valence-corrected chi connectivity index (χ1v) is 4.57. The molecule has 0 bridgehead atoms. The summed E-state index contributed by atoms with van der Waals surface area (Å²) in [4.78, 5) is 32.8. The second-order valence-corrected chi connectivity index (χ2v) is 3.68. The van der Waals surface area contributed by atoms with E-state index in [0.29, 0.717) is 16.4 Å². The molecule has 3 N–H and O–H groups in total. The highest BCUT2D eigenvalue weighted by Crippen LogP contribution is 2.29. The molecule has 1 aliphatic rings. The molecular weight excluding hydrogens is 220 g/mol. The average Bonchev–Trinajstić information content (AvgIpc) is 2.16. The number of aliphatic carboxylic acids is 1. The molecule has 1 saturated heterocycles. The molecule has 16 heavy (non-hydrogen) atoms. The molecule has 1 atom stereocenters. The molecule has 1 heterocycles. The van der Waals surface area contributed by atoms with Gasteiger partial charge in [-0.2, -0.15) is 5.01 Å². The Labute approximate surface area is 90.6 Å². The van der Waals surface area contributed by atoms with Gasteiger partial charge in [-0.3, -0.25) is 0 Å². The van der Waals surface area contributed by atoms with Crippen LogP contribution >= 0.6 is 0 Å². The van der Waals surface area contributed by atoms with E-state index in [0.717, 1.165) is 0 Å². The number of hydrogen-bond acceptors (Lipinski definition) is 3. The van der Waals surface area contributed by atoms with Gasteiger partial charge in [0.05, 0.1) is 0 Å². The molecule has 0 aromatic carbocycles. The van der Waals surface area contributed by atoms with Gasteiger partial charge in [0.15, 0.2) is 5.54 Å². The van der Waals surface area contributed by atoms with Crippen molar-refractivity contribution in [2.75, 3.05) is 6.54 Å². The van der Waals surface area contributed by atoms with Crippen LogP contribution in [0.4, 0.5) is 9.59 Å². The maximum absolute atomic E-state index is 11.0. The zero-order valence-corrected chi connectivity index (χ0v) is 8.58. The van der Waals surface area contributed by atoms with Crippen LogP contribution in [-0.2, 0) is 4.79 Å². The van der Waals surface area contributed by atoms with Crippen molar-refractivity contribution in [2.24, 2.45) is 0 Å². The molecule has 0 aromatic rings.